The van der Waals surface area contributed by atoms with E-state index in [1.54, 1.807) is 0 Å². The number of nitrogens with one attached hydrogen (secondary N) is 1. The van der Waals surface area contributed by atoms with Crippen molar-refractivity contribution in [1.82, 2.24) is 14.9 Å². The molecule has 0 unspecified atom stereocenters. The highest BCUT2D eigenvalue weighted by atomic mass is 16.2. The number of imidazole rings is 1. The van der Waals surface area contributed by atoms with E-state index in [1.165, 1.54) is 0 Å². The van der Waals surface area contributed by atoms with Crippen LogP contribution in [0.4, 0.5) is 0 Å². The number of hydrogen-bond donors (Lipinski definition) is 1. The van der Waals surface area contributed by atoms with Crippen molar-refractivity contribution in [2.24, 2.45) is 0 Å². The lowest BCUT2D eigenvalue weighted by Crippen LogP contribution is -2.39. The zero-order chi connectivity index (χ0) is 17.4. The topological polar surface area (TPSA) is 49.0 Å². The van der Waals surface area contributed by atoms with Crippen LogP contribution in [0.3, 0.4) is 0 Å². The lowest BCUT2D eigenvalue weighted by molar-refractivity contribution is 0.0704. The number of carbonyl (C=O) groups excluding carboxylic acids is 1. The van der Waals surface area contributed by atoms with Crippen molar-refractivity contribution in [3.63, 3.8) is 0 Å². The number of aromatic nitrogens is 2. The molecule has 1 aliphatic heterocycles. The number of amides is 1. The van der Waals surface area contributed by atoms with Crippen LogP contribution >= 0.6 is 0 Å². The van der Waals surface area contributed by atoms with Gasteiger partial charge in [-0.2, -0.15) is 0 Å². The number of carbonyl (C=O) groups is 1. The Balaban J connectivity index is 1.57. The highest BCUT2D eigenvalue weighted by Crippen LogP contribution is 2.27. The summed E-state index contributed by atoms with van der Waals surface area (Å²) in [6, 6.07) is 14.2. The third-order valence-corrected chi connectivity index (χ3v) is 4.97. The first-order chi connectivity index (χ1) is 12.1. The van der Waals surface area contributed by atoms with E-state index in [1.807, 2.05) is 55.1 Å². The maximum Gasteiger partial charge on any atom is 0.253 e. The summed E-state index contributed by atoms with van der Waals surface area (Å²) in [7, 11) is 0. The van der Waals surface area contributed by atoms with Gasteiger partial charge in [0.1, 0.15) is 5.82 Å². The summed E-state index contributed by atoms with van der Waals surface area (Å²) in [6.07, 6.45) is 2.08. The molecule has 3 aromatic rings. The smallest absolute Gasteiger partial charge is 0.253 e. The Bertz CT molecular complexity index is 875. The Labute approximate surface area is 147 Å². The molecule has 4 rings (SSSR count). The van der Waals surface area contributed by atoms with Gasteiger partial charge in [0.25, 0.3) is 5.91 Å². The molecule has 128 valence electrons. The van der Waals surface area contributed by atoms with Gasteiger partial charge < -0.3 is 9.88 Å². The largest absolute Gasteiger partial charge is 0.342 e. The lowest BCUT2D eigenvalue weighted by atomic mass is 9.96. The highest BCUT2D eigenvalue weighted by Gasteiger charge is 2.27. The molecule has 0 bridgehead atoms. The summed E-state index contributed by atoms with van der Waals surface area (Å²) in [5.74, 6) is 1.41. The summed E-state index contributed by atoms with van der Waals surface area (Å²) >= 11 is 0. The number of fused-ring (bicyclic) bond motifs is 1. The van der Waals surface area contributed by atoms with Crippen LogP contribution in [-0.2, 0) is 0 Å². The van der Waals surface area contributed by atoms with Crippen LogP contribution in [0.25, 0.3) is 11.0 Å². The monoisotopic (exact) mass is 333 g/mol. The molecule has 1 fully saturated rings. The Morgan fingerprint density at radius 2 is 1.92 bits per heavy atom. The molecular formula is C21H23N3O. The van der Waals surface area contributed by atoms with Gasteiger partial charge in [-0.25, -0.2) is 4.98 Å². The number of nitrogens with zero attached hydrogens (tertiary/aromatic N) is 2. The highest BCUT2D eigenvalue weighted by molar-refractivity contribution is 5.94. The second kappa shape index (κ2) is 6.36. The second-order valence-corrected chi connectivity index (χ2v) is 7.11. The average molecular weight is 333 g/mol. The molecule has 0 spiro atoms. The predicted octanol–water partition coefficient (Wildman–Crippen LogP) is 4.20. The summed E-state index contributed by atoms with van der Waals surface area (Å²) < 4.78 is 0. The lowest BCUT2D eigenvalue weighted by Gasteiger charge is -2.32. The SMILES string of the molecule is Cc1cc(C)cc(C(=O)N2CCC[C@@H](c3nc4ccccc4[nH]3)C2)c1. The minimum Gasteiger partial charge on any atom is -0.342 e. The molecule has 1 aromatic heterocycles. The van der Waals surface area contributed by atoms with Gasteiger partial charge >= 0.3 is 0 Å². The molecule has 1 aliphatic rings. The number of aryl methyl sites for hydroxylation is 2. The van der Waals surface area contributed by atoms with E-state index in [2.05, 4.69) is 11.1 Å². The maximum atomic E-state index is 12.9. The van der Waals surface area contributed by atoms with Crippen LogP contribution in [0.15, 0.2) is 42.5 Å². The number of hydrogen-bond acceptors (Lipinski definition) is 2. The van der Waals surface area contributed by atoms with Crippen molar-refractivity contribution in [2.45, 2.75) is 32.6 Å². The maximum absolute atomic E-state index is 12.9. The Morgan fingerprint density at radius 1 is 1.16 bits per heavy atom. The summed E-state index contributed by atoms with van der Waals surface area (Å²) in [5.41, 5.74) is 5.12. The van der Waals surface area contributed by atoms with Crippen LogP contribution in [0, 0.1) is 13.8 Å². The molecule has 1 atom stereocenters. The Kier molecular flexibility index (Phi) is 4.04. The van der Waals surface area contributed by atoms with Crippen LogP contribution in [0.5, 0.6) is 0 Å². The number of benzene rings is 2. The van der Waals surface area contributed by atoms with Crippen molar-refractivity contribution >= 4 is 16.9 Å². The third-order valence-electron chi connectivity index (χ3n) is 4.97. The van der Waals surface area contributed by atoms with E-state index in [0.29, 0.717) is 0 Å². The van der Waals surface area contributed by atoms with E-state index >= 15 is 0 Å². The van der Waals surface area contributed by atoms with E-state index < -0.39 is 0 Å². The molecule has 4 nitrogen and oxygen atoms in total. The van der Waals surface area contributed by atoms with Gasteiger partial charge in [0.05, 0.1) is 11.0 Å². The first-order valence-corrected chi connectivity index (χ1v) is 8.92. The predicted molar refractivity (Wildman–Crippen MR) is 99.9 cm³/mol. The molecule has 0 radical (unpaired) electrons. The summed E-state index contributed by atoms with van der Waals surface area (Å²) in [4.78, 5) is 23.1. The standard InChI is InChI=1S/C21H23N3O/c1-14-10-15(2)12-17(11-14)21(25)24-9-5-6-16(13-24)20-22-18-7-3-4-8-19(18)23-20/h3-4,7-8,10-12,16H,5-6,9,13H2,1-2H3,(H,22,23)/t16-/m1/s1. The van der Waals surface area contributed by atoms with Gasteiger partial charge in [-0.3, -0.25) is 4.79 Å². The Morgan fingerprint density at radius 3 is 2.68 bits per heavy atom. The van der Waals surface area contributed by atoms with Crippen molar-refractivity contribution in [2.75, 3.05) is 13.1 Å². The first kappa shape index (κ1) is 15.9. The molecule has 4 heteroatoms. The number of piperidine rings is 1. The number of aromatic amines is 1. The minimum absolute atomic E-state index is 0.132. The minimum atomic E-state index is 0.132. The molecule has 1 N–H and O–H groups in total. The van der Waals surface area contributed by atoms with Gasteiger partial charge in [0, 0.05) is 24.6 Å². The molecule has 1 amide bonds. The molecular weight excluding hydrogens is 310 g/mol. The van der Waals surface area contributed by atoms with Crippen LogP contribution in [0.1, 0.15) is 46.1 Å². The molecule has 1 saturated heterocycles. The van der Waals surface area contributed by atoms with Gasteiger partial charge in [-0.1, -0.05) is 29.3 Å². The molecule has 2 aromatic carbocycles. The molecule has 2 heterocycles. The van der Waals surface area contributed by atoms with Crippen molar-refractivity contribution in [3.8, 4) is 0 Å². The van der Waals surface area contributed by atoms with Gasteiger partial charge in [0.15, 0.2) is 0 Å². The van der Waals surface area contributed by atoms with E-state index in [4.69, 9.17) is 4.98 Å². The summed E-state index contributed by atoms with van der Waals surface area (Å²) in [5, 5.41) is 0. The zero-order valence-electron chi connectivity index (χ0n) is 14.7. The number of likely N-dealkylation sites (tertiary alicyclic amines) is 1. The van der Waals surface area contributed by atoms with E-state index in [-0.39, 0.29) is 11.8 Å². The van der Waals surface area contributed by atoms with Crippen molar-refractivity contribution in [1.29, 1.82) is 0 Å². The van der Waals surface area contributed by atoms with Crippen LogP contribution in [-0.4, -0.2) is 33.9 Å². The number of para-hydroxylation sites is 2. The van der Waals surface area contributed by atoms with Crippen molar-refractivity contribution < 1.29 is 4.79 Å². The fourth-order valence-electron chi connectivity index (χ4n) is 3.83. The molecule has 25 heavy (non-hydrogen) atoms. The quantitative estimate of drug-likeness (QED) is 0.764. The van der Waals surface area contributed by atoms with Gasteiger partial charge in [-0.15, -0.1) is 0 Å². The van der Waals surface area contributed by atoms with Gasteiger partial charge in [-0.05, 0) is 51.0 Å². The summed E-state index contributed by atoms with van der Waals surface area (Å²) in [6.45, 7) is 5.63. The number of rotatable bonds is 2. The molecule has 0 saturated carbocycles. The fourth-order valence-corrected chi connectivity index (χ4v) is 3.83. The normalized spacial score (nSPS) is 17.8. The van der Waals surface area contributed by atoms with Crippen LogP contribution < -0.4 is 0 Å². The van der Waals surface area contributed by atoms with E-state index in [0.717, 1.165) is 59.5 Å². The number of H-pyrrole nitrogens is 1. The third kappa shape index (κ3) is 3.16. The second-order valence-electron chi connectivity index (χ2n) is 7.11. The zero-order valence-corrected chi connectivity index (χ0v) is 14.7. The van der Waals surface area contributed by atoms with E-state index in [9.17, 15) is 4.79 Å². The molecule has 0 aliphatic carbocycles. The Hall–Kier alpha value is -2.62. The first-order valence-electron chi connectivity index (χ1n) is 8.92. The fraction of sp³-hybridized carbons (Fsp3) is 0.333. The average Bonchev–Trinajstić information content (AvgIpc) is 3.04. The van der Waals surface area contributed by atoms with Crippen LogP contribution in [0.2, 0.25) is 0 Å². The van der Waals surface area contributed by atoms with Gasteiger partial charge in [0.2, 0.25) is 0 Å². The van der Waals surface area contributed by atoms with Crippen molar-refractivity contribution in [3.05, 3.63) is 65.0 Å².